The van der Waals surface area contributed by atoms with E-state index in [1.165, 1.54) is 114 Å². The second-order valence-corrected chi connectivity index (χ2v) is 8.67. The van der Waals surface area contributed by atoms with Gasteiger partial charge in [0.2, 0.25) is 0 Å². The van der Waals surface area contributed by atoms with Gasteiger partial charge in [0.25, 0.3) is 0 Å². The minimum absolute atomic E-state index is 0. The van der Waals surface area contributed by atoms with Crippen LogP contribution in [0.4, 0.5) is 0 Å². The van der Waals surface area contributed by atoms with E-state index in [1.54, 1.807) is 11.1 Å². The molecule has 0 atom stereocenters. The molecule has 2 aromatic rings. The molecular formula is C28H46Ca. The topological polar surface area (TPSA) is 0 Å². The van der Waals surface area contributed by atoms with Crippen LogP contribution in [0.2, 0.25) is 0 Å². The number of aryl methyl sites for hydroxylation is 2. The van der Waals surface area contributed by atoms with Crippen LogP contribution in [0.5, 0.6) is 0 Å². The standard InChI is InChI=1S/C28H44.Ca.2H/c1-3-5-7-9-11-13-15-19-25-23-24-26-20-17-18-22-28(26)27(25)21-16-14-12-10-8-6-4-2;;;/h17-18,20,22-24H,3-16,19,21H2,1-2H3;;;/q;+2;2*-1. The summed E-state index contributed by atoms with van der Waals surface area (Å²) >= 11 is 0. The zero-order chi connectivity index (χ0) is 19.9. The fourth-order valence-corrected chi connectivity index (χ4v) is 4.44. The summed E-state index contributed by atoms with van der Waals surface area (Å²) in [5.74, 6) is 0. The Morgan fingerprint density at radius 3 is 1.69 bits per heavy atom. The third-order valence-electron chi connectivity index (χ3n) is 6.22. The molecule has 0 amide bonds. The molecule has 160 valence electrons. The van der Waals surface area contributed by atoms with Gasteiger partial charge < -0.3 is 2.85 Å². The van der Waals surface area contributed by atoms with Crippen LogP contribution >= 0.6 is 0 Å². The van der Waals surface area contributed by atoms with Crippen LogP contribution in [0.15, 0.2) is 36.4 Å². The molecule has 0 aromatic heterocycles. The van der Waals surface area contributed by atoms with Crippen molar-refractivity contribution < 1.29 is 2.85 Å². The van der Waals surface area contributed by atoms with Crippen LogP contribution < -0.4 is 0 Å². The van der Waals surface area contributed by atoms with Gasteiger partial charge in [-0.3, -0.25) is 0 Å². The van der Waals surface area contributed by atoms with E-state index in [0.717, 1.165) is 0 Å². The SMILES string of the molecule is CCCCCCCCCc1ccc2ccccc2c1CCCCCCCCC.[Ca+2].[H-].[H-]. The molecule has 1 heteroatoms. The largest absolute Gasteiger partial charge is 2.00 e. The van der Waals surface area contributed by atoms with Crippen molar-refractivity contribution in [2.45, 2.75) is 117 Å². The van der Waals surface area contributed by atoms with Crippen LogP contribution in [0.1, 0.15) is 118 Å². The Balaban J connectivity index is 0. The van der Waals surface area contributed by atoms with Gasteiger partial charge in [-0.2, -0.15) is 0 Å². The summed E-state index contributed by atoms with van der Waals surface area (Å²) in [6.45, 7) is 4.60. The first-order chi connectivity index (χ1) is 13.9. The van der Waals surface area contributed by atoms with Gasteiger partial charge in [0, 0.05) is 0 Å². The Labute approximate surface area is 214 Å². The third-order valence-corrected chi connectivity index (χ3v) is 6.22. The van der Waals surface area contributed by atoms with Crippen molar-refractivity contribution in [3.63, 3.8) is 0 Å². The molecule has 0 saturated heterocycles. The van der Waals surface area contributed by atoms with Gasteiger partial charge in [0.15, 0.2) is 0 Å². The van der Waals surface area contributed by atoms with Crippen LogP contribution in [0.3, 0.4) is 0 Å². The number of hydrogen-bond donors (Lipinski definition) is 0. The zero-order valence-electron chi connectivity index (χ0n) is 21.5. The van der Waals surface area contributed by atoms with Gasteiger partial charge in [0.1, 0.15) is 0 Å². The van der Waals surface area contributed by atoms with Gasteiger partial charge in [-0.05, 0) is 47.6 Å². The first-order valence-electron chi connectivity index (χ1n) is 12.4. The number of fused-ring (bicyclic) bond motifs is 1. The average molecular weight is 423 g/mol. The Bertz CT molecular complexity index is 657. The number of unbranched alkanes of at least 4 members (excludes halogenated alkanes) is 12. The molecule has 0 unspecified atom stereocenters. The molecule has 0 saturated carbocycles. The van der Waals surface area contributed by atoms with E-state index >= 15 is 0 Å². The summed E-state index contributed by atoms with van der Waals surface area (Å²) < 4.78 is 0. The second kappa shape index (κ2) is 17.6. The van der Waals surface area contributed by atoms with E-state index in [4.69, 9.17) is 0 Å². The van der Waals surface area contributed by atoms with E-state index in [9.17, 15) is 0 Å². The van der Waals surface area contributed by atoms with Gasteiger partial charge in [0.05, 0.1) is 0 Å². The minimum atomic E-state index is 0. The molecule has 0 nitrogen and oxygen atoms in total. The Morgan fingerprint density at radius 2 is 1.07 bits per heavy atom. The molecular weight excluding hydrogens is 376 g/mol. The van der Waals surface area contributed by atoms with Crippen molar-refractivity contribution in [3.8, 4) is 0 Å². The van der Waals surface area contributed by atoms with Crippen molar-refractivity contribution in [3.05, 3.63) is 47.5 Å². The smallest absolute Gasteiger partial charge is 1.00 e. The predicted molar refractivity (Wildman–Crippen MR) is 135 cm³/mol. The summed E-state index contributed by atoms with van der Waals surface area (Å²) in [6, 6.07) is 13.8. The predicted octanol–water partition coefficient (Wildman–Crippen LogP) is 9.27. The second-order valence-electron chi connectivity index (χ2n) is 8.67. The molecule has 0 radical (unpaired) electrons. The zero-order valence-corrected chi connectivity index (χ0v) is 21.7. The van der Waals surface area contributed by atoms with Gasteiger partial charge in [-0.1, -0.05) is 127 Å². The first kappa shape index (κ1) is 27.0. The van der Waals surface area contributed by atoms with Crippen LogP contribution in [-0.4, -0.2) is 37.7 Å². The van der Waals surface area contributed by atoms with Crippen LogP contribution in [0.25, 0.3) is 10.8 Å². The van der Waals surface area contributed by atoms with E-state index in [1.807, 2.05) is 0 Å². The quantitative estimate of drug-likeness (QED) is 0.187. The van der Waals surface area contributed by atoms with E-state index in [0.29, 0.717) is 0 Å². The maximum atomic E-state index is 2.43. The third kappa shape index (κ3) is 10.7. The molecule has 0 N–H and O–H groups in total. The minimum Gasteiger partial charge on any atom is -1.00 e. The summed E-state index contributed by atoms with van der Waals surface area (Å²) in [5.41, 5.74) is 3.27. The van der Waals surface area contributed by atoms with Crippen molar-refractivity contribution in [1.29, 1.82) is 0 Å². The Morgan fingerprint density at radius 1 is 0.552 bits per heavy atom. The van der Waals surface area contributed by atoms with Crippen molar-refractivity contribution in [2.24, 2.45) is 0 Å². The molecule has 0 fully saturated rings. The maximum absolute atomic E-state index is 2.43. The number of benzene rings is 2. The van der Waals surface area contributed by atoms with Gasteiger partial charge in [-0.15, -0.1) is 0 Å². The fraction of sp³-hybridized carbons (Fsp3) is 0.643. The van der Waals surface area contributed by atoms with E-state index in [-0.39, 0.29) is 40.6 Å². The average Bonchev–Trinajstić information content (AvgIpc) is 2.73. The summed E-state index contributed by atoms with van der Waals surface area (Å²) in [5, 5.41) is 2.93. The maximum Gasteiger partial charge on any atom is 2.00 e. The molecule has 2 aromatic carbocycles. The summed E-state index contributed by atoms with van der Waals surface area (Å²) in [7, 11) is 0. The van der Waals surface area contributed by atoms with Crippen molar-refractivity contribution in [2.75, 3.05) is 0 Å². The van der Waals surface area contributed by atoms with Crippen molar-refractivity contribution in [1.82, 2.24) is 0 Å². The Kier molecular flexibility index (Phi) is 16.4. The number of rotatable bonds is 16. The van der Waals surface area contributed by atoms with Crippen molar-refractivity contribution >= 4 is 48.5 Å². The molecule has 2 rings (SSSR count). The monoisotopic (exact) mass is 422 g/mol. The molecule has 29 heavy (non-hydrogen) atoms. The number of hydrogen-bond acceptors (Lipinski definition) is 0. The summed E-state index contributed by atoms with van der Waals surface area (Å²) in [6.07, 6.45) is 22.1. The fourth-order valence-electron chi connectivity index (χ4n) is 4.44. The first-order valence-corrected chi connectivity index (χ1v) is 12.4. The molecule has 0 aliphatic carbocycles. The molecule has 0 aliphatic heterocycles. The molecule has 0 bridgehead atoms. The summed E-state index contributed by atoms with van der Waals surface area (Å²) in [4.78, 5) is 0. The normalized spacial score (nSPS) is 11.0. The van der Waals surface area contributed by atoms with Crippen LogP contribution in [-0.2, 0) is 12.8 Å². The van der Waals surface area contributed by atoms with E-state index < -0.39 is 0 Å². The molecule has 0 aliphatic rings. The molecule has 0 spiro atoms. The Hall–Kier alpha value is -0.0403. The van der Waals surface area contributed by atoms with Gasteiger partial charge in [-0.25, -0.2) is 0 Å². The van der Waals surface area contributed by atoms with Crippen LogP contribution in [0, 0.1) is 0 Å². The van der Waals surface area contributed by atoms with E-state index in [2.05, 4.69) is 50.2 Å². The molecule has 0 heterocycles. The van der Waals surface area contributed by atoms with Gasteiger partial charge >= 0.3 is 37.7 Å².